The summed E-state index contributed by atoms with van der Waals surface area (Å²) >= 11 is 0. The summed E-state index contributed by atoms with van der Waals surface area (Å²) in [6, 6.07) is 49.1. The van der Waals surface area contributed by atoms with Crippen LogP contribution in [-0.2, 0) is 0 Å². The van der Waals surface area contributed by atoms with Gasteiger partial charge in [0.25, 0.3) is 0 Å². The van der Waals surface area contributed by atoms with Gasteiger partial charge >= 0.3 is 0 Å². The molecule has 0 fully saturated rings. The third-order valence-corrected chi connectivity index (χ3v) is 9.12. The summed E-state index contributed by atoms with van der Waals surface area (Å²) in [5.41, 5.74) is 10.4. The Morgan fingerprint density at radius 3 is 1.65 bits per heavy atom. The Balaban J connectivity index is 1.40. The second kappa shape index (κ2) is 10.3. The van der Waals surface area contributed by atoms with Crippen molar-refractivity contribution in [2.75, 3.05) is 0 Å². The van der Waals surface area contributed by atoms with E-state index in [-0.39, 0.29) is 0 Å². The van der Waals surface area contributed by atoms with E-state index in [1.165, 1.54) is 87.3 Å². The Kier molecular flexibility index (Phi) is 6.09. The highest BCUT2D eigenvalue weighted by Gasteiger charge is 2.18. The van der Waals surface area contributed by atoms with E-state index in [2.05, 4.69) is 159 Å². The Morgan fingerprint density at radius 1 is 0.442 bits per heavy atom. The fraction of sp³-hybridized carbons (Fsp3) is 0.0698. The van der Waals surface area contributed by atoms with Crippen LogP contribution in [0.3, 0.4) is 0 Å². The van der Waals surface area contributed by atoms with E-state index in [1.54, 1.807) is 0 Å². The minimum atomic E-state index is 0.988. The van der Waals surface area contributed by atoms with Crippen LogP contribution in [0.2, 0.25) is 0 Å². The molecule has 43 heavy (non-hydrogen) atoms. The van der Waals surface area contributed by atoms with Gasteiger partial charge in [0.2, 0.25) is 0 Å². The summed E-state index contributed by atoms with van der Waals surface area (Å²) in [5.74, 6) is 0. The first-order chi connectivity index (χ1) is 21.2. The average molecular weight is 549 g/mol. The van der Waals surface area contributed by atoms with Crippen molar-refractivity contribution in [3.05, 3.63) is 155 Å². The van der Waals surface area contributed by atoms with Gasteiger partial charge in [0.05, 0.1) is 0 Å². The van der Waals surface area contributed by atoms with Crippen LogP contribution < -0.4 is 10.4 Å². The van der Waals surface area contributed by atoms with Crippen LogP contribution in [-0.4, -0.2) is 0 Å². The molecule has 7 aromatic rings. The van der Waals surface area contributed by atoms with E-state index >= 15 is 0 Å². The molecule has 0 nitrogen and oxygen atoms in total. The lowest BCUT2D eigenvalue weighted by Gasteiger charge is -2.19. The fourth-order valence-corrected chi connectivity index (χ4v) is 6.97. The predicted octanol–water partition coefficient (Wildman–Crippen LogP) is 10.4. The smallest absolute Gasteiger partial charge is 0.00201 e. The van der Waals surface area contributed by atoms with Gasteiger partial charge < -0.3 is 0 Å². The highest BCUT2D eigenvalue weighted by atomic mass is 14.2. The molecular formula is C43H32. The zero-order chi connectivity index (χ0) is 28.9. The quantitative estimate of drug-likeness (QED) is 0.193. The number of benzene rings is 7. The zero-order valence-electron chi connectivity index (χ0n) is 24.6. The van der Waals surface area contributed by atoms with E-state index < -0.39 is 0 Å². The van der Waals surface area contributed by atoms with Crippen molar-refractivity contribution in [3.63, 3.8) is 0 Å². The van der Waals surface area contributed by atoms with Crippen LogP contribution in [0.5, 0.6) is 0 Å². The average Bonchev–Trinajstić information content (AvgIpc) is 3.07. The number of hydrogen-bond donors (Lipinski definition) is 0. The minimum absolute atomic E-state index is 0.988. The molecule has 7 aromatic carbocycles. The van der Waals surface area contributed by atoms with Crippen molar-refractivity contribution in [2.24, 2.45) is 0 Å². The maximum absolute atomic E-state index is 2.42. The van der Waals surface area contributed by atoms with E-state index in [9.17, 15) is 0 Å². The second-order valence-electron chi connectivity index (χ2n) is 11.8. The molecule has 0 saturated carbocycles. The van der Waals surface area contributed by atoms with Crippen LogP contribution in [0.25, 0.3) is 77.9 Å². The molecule has 0 spiro atoms. The molecule has 8 rings (SSSR count). The molecule has 0 N–H and O–H groups in total. The van der Waals surface area contributed by atoms with Gasteiger partial charge in [-0.1, -0.05) is 151 Å². The van der Waals surface area contributed by atoms with Crippen LogP contribution in [0.1, 0.15) is 20.3 Å². The lowest BCUT2D eigenvalue weighted by atomic mass is 9.84. The number of hydrogen-bond acceptors (Lipinski definition) is 0. The molecule has 0 heterocycles. The van der Waals surface area contributed by atoms with Gasteiger partial charge in [0.1, 0.15) is 0 Å². The molecule has 0 amide bonds. The van der Waals surface area contributed by atoms with Crippen LogP contribution in [0.4, 0.5) is 0 Å². The highest BCUT2D eigenvalue weighted by Crippen LogP contribution is 2.45. The van der Waals surface area contributed by atoms with Gasteiger partial charge in [-0.25, -0.2) is 0 Å². The maximum atomic E-state index is 2.42. The summed E-state index contributed by atoms with van der Waals surface area (Å²) in [6.45, 7) is 4.42. The molecule has 0 unspecified atom stereocenters. The van der Waals surface area contributed by atoms with Crippen molar-refractivity contribution in [1.29, 1.82) is 0 Å². The minimum Gasteiger partial charge on any atom is -0.0729 e. The molecule has 0 atom stereocenters. The summed E-state index contributed by atoms with van der Waals surface area (Å²) < 4.78 is 0. The van der Waals surface area contributed by atoms with Crippen molar-refractivity contribution < 1.29 is 0 Å². The topological polar surface area (TPSA) is 0 Å². The number of rotatable bonds is 3. The number of allylic oxidation sites excluding steroid dienone is 2. The molecule has 0 bridgehead atoms. The Labute approximate surface area is 252 Å². The van der Waals surface area contributed by atoms with Gasteiger partial charge in [0.15, 0.2) is 0 Å². The lowest BCUT2D eigenvalue weighted by molar-refractivity contribution is 1.23. The van der Waals surface area contributed by atoms with Gasteiger partial charge in [-0.05, 0) is 102 Å². The van der Waals surface area contributed by atoms with Gasteiger partial charge in [-0.15, -0.1) is 0 Å². The summed E-state index contributed by atoms with van der Waals surface area (Å²) in [7, 11) is 0. The van der Waals surface area contributed by atoms with Gasteiger partial charge in [-0.3, -0.25) is 0 Å². The third-order valence-electron chi connectivity index (χ3n) is 9.12. The Bertz CT molecular complexity index is 2290. The fourth-order valence-electron chi connectivity index (χ4n) is 6.97. The Morgan fingerprint density at radius 2 is 1.00 bits per heavy atom. The zero-order valence-corrected chi connectivity index (χ0v) is 24.6. The highest BCUT2D eigenvalue weighted by molar-refractivity contribution is 6.23. The van der Waals surface area contributed by atoms with E-state index in [4.69, 9.17) is 0 Å². The normalized spacial score (nSPS) is 12.7. The molecular weight excluding hydrogens is 516 g/mol. The third kappa shape index (κ3) is 4.22. The molecule has 1 aliphatic rings. The number of fused-ring (bicyclic) bond motifs is 5. The van der Waals surface area contributed by atoms with Crippen LogP contribution >= 0.6 is 0 Å². The van der Waals surface area contributed by atoms with Crippen molar-refractivity contribution in [2.45, 2.75) is 20.3 Å². The summed E-state index contributed by atoms with van der Waals surface area (Å²) in [4.78, 5) is 0. The van der Waals surface area contributed by atoms with E-state index in [1.807, 2.05) is 0 Å². The molecule has 0 heteroatoms. The summed E-state index contributed by atoms with van der Waals surface area (Å²) in [6.07, 6.45) is 5.78. The lowest BCUT2D eigenvalue weighted by Crippen LogP contribution is -2.27. The van der Waals surface area contributed by atoms with Gasteiger partial charge in [-0.2, -0.15) is 0 Å². The molecule has 0 radical (unpaired) electrons. The second-order valence-corrected chi connectivity index (χ2v) is 11.8. The molecule has 0 aliphatic heterocycles. The van der Waals surface area contributed by atoms with E-state index in [0.29, 0.717) is 0 Å². The Hall–Kier alpha value is -5.20. The monoisotopic (exact) mass is 548 g/mol. The van der Waals surface area contributed by atoms with Gasteiger partial charge in [0, 0.05) is 0 Å². The first-order valence-electron chi connectivity index (χ1n) is 15.2. The van der Waals surface area contributed by atoms with Crippen LogP contribution in [0.15, 0.2) is 145 Å². The van der Waals surface area contributed by atoms with Crippen molar-refractivity contribution in [1.82, 2.24) is 0 Å². The SMILES string of the molecule is CC(C)=C1C=c2ccc3c(-c4c5ccccc5c(-c5ccc(-c6ccccc6)cc5)c5ccccc45)cccc3c2=CC1. The van der Waals surface area contributed by atoms with E-state index in [0.717, 1.165) is 6.42 Å². The first kappa shape index (κ1) is 25.5. The molecule has 0 saturated heterocycles. The standard InChI is InChI=1S/C43H32/c1-28(2)32-23-25-34-33(27-32)24-26-36-35(34)17-10-18-37(36)43-40-15-8-6-13-38(40)42(39-14-7-9-16-41(39)43)31-21-19-30(20-22-31)29-11-4-3-5-12-29/h3-22,24-27H,23H2,1-2H3. The maximum Gasteiger partial charge on any atom is -0.00201 e. The van der Waals surface area contributed by atoms with Crippen molar-refractivity contribution in [3.8, 4) is 33.4 Å². The molecule has 204 valence electrons. The first-order valence-corrected chi connectivity index (χ1v) is 15.2. The van der Waals surface area contributed by atoms with Crippen LogP contribution in [0, 0.1) is 0 Å². The summed E-state index contributed by atoms with van der Waals surface area (Å²) in [5, 5.41) is 10.4. The molecule has 0 aromatic heterocycles. The predicted molar refractivity (Wildman–Crippen MR) is 186 cm³/mol. The largest absolute Gasteiger partial charge is 0.0729 e. The molecule has 1 aliphatic carbocycles. The van der Waals surface area contributed by atoms with Crippen molar-refractivity contribution >= 4 is 44.5 Å².